The maximum Gasteiger partial charge on any atom is 0.276 e. The normalized spacial score (nSPS) is 27.3. The number of nitrogens with one attached hydrogen (secondary N) is 1. The first-order chi connectivity index (χ1) is 22.3. The van der Waals surface area contributed by atoms with Crippen molar-refractivity contribution in [3.05, 3.63) is 35.2 Å². The van der Waals surface area contributed by atoms with Crippen LogP contribution in [0, 0.1) is 11.8 Å². The first-order valence-electron chi connectivity index (χ1n) is 17.1. The fourth-order valence-corrected chi connectivity index (χ4v) is 8.15. The van der Waals surface area contributed by atoms with Crippen LogP contribution in [-0.4, -0.2) is 95.0 Å². The monoisotopic (exact) mass is 671 g/mol. The van der Waals surface area contributed by atoms with Crippen LogP contribution in [0.15, 0.2) is 18.3 Å². The lowest BCUT2D eigenvalue weighted by atomic mass is 9.77. The van der Waals surface area contributed by atoms with Crippen LogP contribution >= 0.6 is 12.4 Å². The van der Waals surface area contributed by atoms with Crippen molar-refractivity contribution < 1.29 is 23.9 Å². The number of likely N-dealkylation sites (tertiary alicyclic amines) is 1. The van der Waals surface area contributed by atoms with Crippen LogP contribution in [0.1, 0.15) is 91.9 Å². The maximum absolute atomic E-state index is 13.9. The lowest BCUT2D eigenvalue weighted by Gasteiger charge is -2.51. The smallest absolute Gasteiger partial charge is 0.276 e. The molecule has 2 saturated heterocycles. The summed E-state index contributed by atoms with van der Waals surface area (Å²) in [5.74, 6) is 1.76. The summed E-state index contributed by atoms with van der Waals surface area (Å²) in [6.45, 7) is 2.36. The van der Waals surface area contributed by atoms with Crippen LogP contribution in [-0.2, 0) is 22.4 Å². The Bertz CT molecular complexity index is 1410. The highest BCUT2D eigenvalue weighted by Gasteiger charge is 2.44. The van der Waals surface area contributed by atoms with E-state index in [4.69, 9.17) is 15.2 Å². The minimum absolute atomic E-state index is 0. The quantitative estimate of drug-likeness (QED) is 0.504. The lowest BCUT2D eigenvalue weighted by molar-refractivity contribution is -0.140. The number of halogens is 1. The molecule has 3 aliphatic heterocycles. The highest BCUT2D eigenvalue weighted by atomic mass is 35.5. The van der Waals surface area contributed by atoms with Gasteiger partial charge in [-0.25, -0.2) is 4.68 Å². The molecule has 258 valence electrons. The predicted octanol–water partition coefficient (Wildman–Crippen LogP) is 3.31. The van der Waals surface area contributed by atoms with Crippen LogP contribution in [0.5, 0.6) is 11.5 Å². The molecule has 4 aliphatic rings. The molecule has 3 amide bonds. The Hall–Kier alpha value is -3.38. The second kappa shape index (κ2) is 15.7. The van der Waals surface area contributed by atoms with Gasteiger partial charge in [0.25, 0.3) is 5.91 Å². The third kappa shape index (κ3) is 8.02. The molecule has 1 aliphatic carbocycles. The average molecular weight is 672 g/mol. The van der Waals surface area contributed by atoms with E-state index in [1.54, 1.807) is 20.4 Å². The van der Waals surface area contributed by atoms with Gasteiger partial charge >= 0.3 is 0 Å². The molecule has 3 N–H and O–H groups in total. The van der Waals surface area contributed by atoms with Gasteiger partial charge in [0.2, 0.25) is 11.8 Å². The maximum atomic E-state index is 13.9. The van der Waals surface area contributed by atoms with E-state index in [2.05, 4.69) is 26.6 Å². The Morgan fingerprint density at radius 2 is 1.77 bits per heavy atom. The number of amides is 3. The molecule has 1 aromatic carbocycles. The second-order valence-corrected chi connectivity index (χ2v) is 13.7. The number of aromatic nitrogens is 3. The SMILES string of the molecule is COc1cc2cc(c1OC)CCCNC(=O)CCC[C@H]1[C@@H]3C[C@@H](CN(C(=O)c4cn(C5CCC(N)CC5)nn4)C3)CN1C(=O)CC2.Cl. The number of nitrogens with zero attached hydrogens (tertiary/aromatic N) is 5. The van der Waals surface area contributed by atoms with E-state index in [-0.39, 0.29) is 60.1 Å². The van der Waals surface area contributed by atoms with Gasteiger partial charge in [0.1, 0.15) is 0 Å². The van der Waals surface area contributed by atoms with Gasteiger partial charge in [0.15, 0.2) is 17.2 Å². The van der Waals surface area contributed by atoms with E-state index < -0.39 is 0 Å². The summed E-state index contributed by atoms with van der Waals surface area (Å²) in [6.07, 6.45) is 10.9. The van der Waals surface area contributed by atoms with Gasteiger partial charge in [-0.05, 0) is 93.2 Å². The van der Waals surface area contributed by atoms with Crippen molar-refractivity contribution in [3.63, 3.8) is 0 Å². The molecule has 2 aromatic rings. The number of carbonyl (C=O) groups is 3. The zero-order chi connectivity index (χ0) is 32.2. The van der Waals surface area contributed by atoms with Crippen LogP contribution in [0.25, 0.3) is 0 Å². The van der Waals surface area contributed by atoms with E-state index in [0.717, 1.165) is 62.5 Å². The standard InChI is InChI=1S/C34H49N7O5.ClH/c1-45-30-17-22-8-13-32(43)40-19-23-16-25(29(40)6-3-7-31(42)36-14-4-5-24(15-22)33(30)46-2)20-39(18-23)34(44)28-21-41(38-37-28)27-11-9-26(35)10-12-27;/h15,17,21,23,25-27,29H,3-14,16,18-20,35H2,1-2H3,(H,36,42);1H/t23-,25+,26?,27?,29-;/m0./s1. The summed E-state index contributed by atoms with van der Waals surface area (Å²) in [7, 11) is 3.26. The molecule has 1 saturated carbocycles. The molecule has 0 radical (unpaired) electrons. The van der Waals surface area contributed by atoms with Crippen molar-refractivity contribution in [1.29, 1.82) is 0 Å². The van der Waals surface area contributed by atoms with Crippen molar-refractivity contribution in [2.24, 2.45) is 17.6 Å². The van der Waals surface area contributed by atoms with Gasteiger partial charge in [-0.1, -0.05) is 11.3 Å². The number of aryl methyl sites for hydroxylation is 2. The number of carbonyl (C=O) groups excluding carboxylic acids is 3. The molecule has 4 heterocycles. The fourth-order valence-electron chi connectivity index (χ4n) is 8.15. The second-order valence-electron chi connectivity index (χ2n) is 13.7. The molecule has 47 heavy (non-hydrogen) atoms. The topological polar surface area (TPSA) is 145 Å². The first kappa shape index (κ1) is 34.9. The zero-order valence-corrected chi connectivity index (χ0v) is 28.5. The van der Waals surface area contributed by atoms with Gasteiger partial charge in [-0.3, -0.25) is 14.4 Å². The summed E-state index contributed by atoms with van der Waals surface area (Å²) < 4.78 is 13.2. The largest absolute Gasteiger partial charge is 0.493 e. The van der Waals surface area contributed by atoms with Crippen molar-refractivity contribution in [2.75, 3.05) is 40.4 Å². The predicted molar refractivity (Wildman–Crippen MR) is 179 cm³/mol. The number of hydrogen-bond donors (Lipinski definition) is 2. The Morgan fingerprint density at radius 3 is 2.53 bits per heavy atom. The summed E-state index contributed by atoms with van der Waals surface area (Å²) in [4.78, 5) is 44.3. The summed E-state index contributed by atoms with van der Waals surface area (Å²) in [5.41, 5.74) is 8.51. The fraction of sp³-hybridized carbons (Fsp3) is 0.676. The summed E-state index contributed by atoms with van der Waals surface area (Å²) >= 11 is 0. The van der Waals surface area contributed by atoms with Crippen molar-refractivity contribution in [3.8, 4) is 11.5 Å². The van der Waals surface area contributed by atoms with Crippen LogP contribution in [0.3, 0.4) is 0 Å². The molecule has 0 spiro atoms. The molecule has 0 unspecified atom stereocenters. The molecule has 3 fully saturated rings. The van der Waals surface area contributed by atoms with E-state index in [0.29, 0.717) is 69.1 Å². The molecule has 3 atom stereocenters. The molecular formula is C34H50ClN7O5. The van der Waals surface area contributed by atoms with Crippen molar-refractivity contribution in [1.82, 2.24) is 30.1 Å². The lowest BCUT2D eigenvalue weighted by Crippen LogP contribution is -2.60. The number of fused-ring (bicyclic) bond motifs is 6. The van der Waals surface area contributed by atoms with E-state index >= 15 is 0 Å². The van der Waals surface area contributed by atoms with Crippen LogP contribution in [0.4, 0.5) is 0 Å². The van der Waals surface area contributed by atoms with Crippen molar-refractivity contribution in [2.45, 2.75) is 95.2 Å². The summed E-state index contributed by atoms with van der Waals surface area (Å²) in [6, 6.07) is 4.52. The van der Waals surface area contributed by atoms with Gasteiger partial charge in [-0.15, -0.1) is 17.5 Å². The molecule has 4 bridgehead atoms. The molecule has 6 rings (SSSR count). The van der Waals surface area contributed by atoms with Crippen LogP contribution < -0.4 is 20.5 Å². The number of ether oxygens (including phenoxy) is 2. The zero-order valence-electron chi connectivity index (χ0n) is 27.7. The van der Waals surface area contributed by atoms with Crippen molar-refractivity contribution >= 4 is 30.1 Å². The Balaban J connectivity index is 0.00000433. The number of rotatable bonds is 4. The number of methoxy groups -OCH3 is 2. The molecule has 1 aromatic heterocycles. The minimum atomic E-state index is -0.0925. The van der Waals surface area contributed by atoms with E-state index in [1.807, 2.05) is 15.6 Å². The van der Waals surface area contributed by atoms with Gasteiger partial charge in [-0.2, -0.15) is 0 Å². The number of hydrogen-bond acceptors (Lipinski definition) is 8. The number of nitrogens with two attached hydrogens (primary N) is 1. The third-order valence-corrected chi connectivity index (χ3v) is 10.5. The molecule has 12 nitrogen and oxygen atoms in total. The molecular weight excluding hydrogens is 622 g/mol. The Labute approximate surface area is 283 Å². The highest BCUT2D eigenvalue weighted by Crippen LogP contribution is 2.38. The van der Waals surface area contributed by atoms with Gasteiger partial charge in [0.05, 0.1) is 26.5 Å². The van der Waals surface area contributed by atoms with E-state index in [1.165, 1.54) is 0 Å². The number of piperidine rings is 2. The van der Waals surface area contributed by atoms with Gasteiger partial charge in [0, 0.05) is 51.1 Å². The average Bonchev–Trinajstić information content (AvgIpc) is 3.56. The Kier molecular flexibility index (Phi) is 11.7. The first-order valence-corrected chi connectivity index (χ1v) is 17.1. The summed E-state index contributed by atoms with van der Waals surface area (Å²) in [5, 5.41) is 11.7. The highest BCUT2D eigenvalue weighted by molar-refractivity contribution is 5.92. The van der Waals surface area contributed by atoms with Crippen LogP contribution in [0.2, 0.25) is 0 Å². The minimum Gasteiger partial charge on any atom is -0.493 e. The third-order valence-electron chi connectivity index (χ3n) is 10.5. The number of benzene rings is 1. The van der Waals surface area contributed by atoms with Gasteiger partial charge < -0.3 is 30.3 Å². The Morgan fingerprint density at radius 1 is 0.957 bits per heavy atom. The van der Waals surface area contributed by atoms with E-state index in [9.17, 15) is 14.4 Å². The molecule has 13 heteroatoms.